The molecule has 0 unspecified atom stereocenters. The van der Waals surface area contributed by atoms with Gasteiger partial charge in [0.2, 0.25) is 0 Å². The van der Waals surface area contributed by atoms with Crippen LogP contribution in [0.2, 0.25) is 0 Å². The highest BCUT2D eigenvalue weighted by atomic mass is 32.2. The van der Waals surface area contributed by atoms with Crippen molar-refractivity contribution >= 4 is 45.7 Å². The summed E-state index contributed by atoms with van der Waals surface area (Å²) in [6.07, 6.45) is 1.82. The molecule has 40 heavy (non-hydrogen) atoms. The van der Waals surface area contributed by atoms with Crippen molar-refractivity contribution in [2.45, 2.75) is 20.4 Å². The van der Waals surface area contributed by atoms with Crippen molar-refractivity contribution in [1.29, 1.82) is 0 Å². The van der Waals surface area contributed by atoms with E-state index in [1.54, 1.807) is 24.1 Å². The van der Waals surface area contributed by atoms with Crippen molar-refractivity contribution in [2.75, 3.05) is 44.1 Å². The Labute approximate surface area is 239 Å². The van der Waals surface area contributed by atoms with Crippen LogP contribution in [0.3, 0.4) is 0 Å². The van der Waals surface area contributed by atoms with Crippen LogP contribution in [0, 0.1) is 0 Å². The summed E-state index contributed by atoms with van der Waals surface area (Å²) >= 11 is 1.32. The smallest absolute Gasteiger partial charge is 0.268 e. The van der Waals surface area contributed by atoms with Crippen molar-refractivity contribution < 1.29 is 19.1 Å². The minimum absolute atomic E-state index is 0.0434. The molecule has 1 N–H and O–H groups in total. The maximum absolute atomic E-state index is 13.7. The molecule has 0 bridgehead atoms. The van der Waals surface area contributed by atoms with Gasteiger partial charge in [0.15, 0.2) is 11.0 Å². The number of amidine groups is 1. The molecule has 1 fully saturated rings. The molecule has 1 saturated heterocycles. The van der Waals surface area contributed by atoms with Crippen LogP contribution in [0.25, 0.3) is 0 Å². The highest BCUT2D eigenvalue weighted by molar-refractivity contribution is 8.18. The average Bonchev–Trinajstić information content (AvgIpc) is 3.23. The number of benzene rings is 3. The molecule has 1 aliphatic rings. The van der Waals surface area contributed by atoms with E-state index in [0.29, 0.717) is 47.6 Å². The number of nitrogens with zero attached hydrogens (tertiary/aromatic N) is 3. The molecule has 0 radical (unpaired) electrons. The second-order valence-corrected chi connectivity index (χ2v) is 10.1. The summed E-state index contributed by atoms with van der Waals surface area (Å²) in [5.41, 5.74) is 3.88. The second-order valence-electron chi connectivity index (χ2n) is 9.13. The van der Waals surface area contributed by atoms with Crippen LogP contribution in [-0.4, -0.2) is 55.7 Å². The fraction of sp³-hybridized carbons (Fsp3) is 0.258. The highest BCUT2D eigenvalue weighted by Crippen LogP contribution is 2.37. The topological polar surface area (TPSA) is 83.5 Å². The third kappa shape index (κ3) is 7.31. The van der Waals surface area contributed by atoms with Crippen LogP contribution in [0.4, 0.5) is 17.1 Å². The van der Waals surface area contributed by atoms with Gasteiger partial charge in [-0.2, -0.15) is 0 Å². The monoisotopic (exact) mass is 558 g/mol. The molecule has 0 atom stereocenters. The SMILES string of the molecule is CCNc1ccc(C(C)=O)cc1/N=C1\S/C(=C\N(C)c2ccc(OCCOC)cc2)C(=O)N1Cc1ccccc1. The van der Waals surface area contributed by atoms with E-state index in [2.05, 4.69) is 5.32 Å². The van der Waals surface area contributed by atoms with Crippen LogP contribution in [0.5, 0.6) is 5.75 Å². The zero-order valence-corrected chi connectivity index (χ0v) is 24.0. The number of carbonyl (C=O) groups is 2. The summed E-state index contributed by atoms with van der Waals surface area (Å²) in [5, 5.41) is 3.86. The summed E-state index contributed by atoms with van der Waals surface area (Å²) in [7, 11) is 3.54. The zero-order valence-electron chi connectivity index (χ0n) is 23.2. The predicted octanol–water partition coefficient (Wildman–Crippen LogP) is 6.09. The van der Waals surface area contributed by atoms with Crippen LogP contribution < -0.4 is 15.0 Å². The summed E-state index contributed by atoms with van der Waals surface area (Å²) in [6.45, 7) is 5.60. The van der Waals surface area contributed by atoms with Gasteiger partial charge in [-0.15, -0.1) is 0 Å². The number of Topliss-reactive ketones (excluding diaryl/α,β-unsaturated/α-hetero) is 1. The van der Waals surface area contributed by atoms with Gasteiger partial charge in [0, 0.05) is 38.2 Å². The average molecular weight is 559 g/mol. The molecule has 0 spiro atoms. The molecule has 3 aromatic rings. The highest BCUT2D eigenvalue weighted by Gasteiger charge is 2.34. The molecule has 3 aromatic carbocycles. The van der Waals surface area contributed by atoms with E-state index in [1.807, 2.05) is 85.7 Å². The number of aliphatic imine (C=N–C) groups is 1. The maximum atomic E-state index is 13.7. The van der Waals surface area contributed by atoms with E-state index < -0.39 is 0 Å². The predicted molar refractivity (Wildman–Crippen MR) is 163 cm³/mol. The number of thioether (sulfide) groups is 1. The van der Waals surface area contributed by atoms with Gasteiger partial charge >= 0.3 is 0 Å². The Bertz CT molecular complexity index is 1390. The molecular weight excluding hydrogens is 524 g/mol. The Morgan fingerprint density at radius 3 is 2.50 bits per heavy atom. The van der Waals surface area contributed by atoms with Crippen molar-refractivity contribution in [3.05, 3.63) is 95.0 Å². The van der Waals surface area contributed by atoms with Gasteiger partial charge < -0.3 is 19.7 Å². The molecule has 8 nitrogen and oxygen atoms in total. The van der Waals surface area contributed by atoms with Gasteiger partial charge in [-0.1, -0.05) is 30.3 Å². The number of hydrogen-bond donors (Lipinski definition) is 1. The number of carbonyl (C=O) groups excluding carboxylic acids is 2. The number of ether oxygens (including phenoxy) is 2. The van der Waals surface area contributed by atoms with Crippen molar-refractivity contribution in [2.24, 2.45) is 4.99 Å². The Morgan fingerprint density at radius 1 is 1.07 bits per heavy atom. The van der Waals surface area contributed by atoms with E-state index in [9.17, 15) is 9.59 Å². The number of ketones is 1. The first kappa shape index (κ1) is 28.9. The lowest BCUT2D eigenvalue weighted by molar-refractivity contribution is -0.122. The first-order valence-corrected chi connectivity index (χ1v) is 13.9. The maximum Gasteiger partial charge on any atom is 0.268 e. The molecule has 1 aliphatic heterocycles. The van der Waals surface area contributed by atoms with Crippen molar-refractivity contribution in [3.8, 4) is 5.75 Å². The van der Waals surface area contributed by atoms with Crippen molar-refractivity contribution in [3.63, 3.8) is 0 Å². The van der Waals surface area contributed by atoms with Gasteiger partial charge in [-0.3, -0.25) is 14.5 Å². The molecule has 4 rings (SSSR count). The number of hydrogen-bond acceptors (Lipinski definition) is 8. The first-order chi connectivity index (χ1) is 19.4. The first-order valence-electron chi connectivity index (χ1n) is 13.1. The minimum atomic E-state index is -0.133. The fourth-order valence-corrected chi connectivity index (χ4v) is 5.05. The summed E-state index contributed by atoms with van der Waals surface area (Å²) < 4.78 is 10.7. The molecule has 0 aromatic heterocycles. The number of amides is 1. The van der Waals surface area contributed by atoms with Crippen LogP contribution in [0.15, 0.2) is 88.9 Å². The van der Waals surface area contributed by atoms with E-state index in [4.69, 9.17) is 14.5 Å². The lowest BCUT2D eigenvalue weighted by Gasteiger charge is -2.17. The normalized spacial score (nSPS) is 15.1. The summed E-state index contributed by atoms with van der Waals surface area (Å²) in [6, 6.07) is 22.9. The summed E-state index contributed by atoms with van der Waals surface area (Å²) in [4.78, 5) is 34.8. The molecule has 1 heterocycles. The standard InChI is InChI=1S/C31H34N4O4S/c1-5-32-27-16-11-24(22(2)36)19-28(27)33-31-35(20-23-9-7-6-8-10-23)30(37)29(40-31)21-34(3)25-12-14-26(15-13-25)39-18-17-38-4/h6-16,19,21,32H,5,17-18,20H2,1-4H3/b29-21-,33-31-. The molecule has 1 amide bonds. The Kier molecular flexibility index (Phi) is 9.99. The van der Waals surface area contributed by atoms with E-state index in [0.717, 1.165) is 22.7 Å². The zero-order chi connectivity index (χ0) is 28.5. The lowest BCUT2D eigenvalue weighted by atomic mass is 10.1. The molecule has 208 valence electrons. The Hall–Kier alpha value is -4.08. The van der Waals surface area contributed by atoms with Gasteiger partial charge in [0.1, 0.15) is 12.4 Å². The number of nitrogens with one attached hydrogen (secondary N) is 1. The van der Waals surface area contributed by atoms with Gasteiger partial charge in [-0.25, -0.2) is 4.99 Å². The third-order valence-electron chi connectivity index (χ3n) is 6.17. The molecular formula is C31H34N4O4S. The molecule has 9 heteroatoms. The van der Waals surface area contributed by atoms with Gasteiger partial charge in [0.05, 0.1) is 29.4 Å². The van der Waals surface area contributed by atoms with Crippen molar-refractivity contribution in [1.82, 2.24) is 4.90 Å². The quantitative estimate of drug-likeness (QED) is 0.164. The van der Waals surface area contributed by atoms with E-state index in [-0.39, 0.29) is 11.7 Å². The Balaban J connectivity index is 1.65. The number of rotatable bonds is 12. The second kappa shape index (κ2) is 13.8. The Morgan fingerprint density at radius 2 is 1.82 bits per heavy atom. The molecule has 0 saturated carbocycles. The van der Waals surface area contributed by atoms with E-state index >= 15 is 0 Å². The van der Waals surface area contributed by atoms with E-state index in [1.165, 1.54) is 18.7 Å². The summed E-state index contributed by atoms with van der Waals surface area (Å²) in [5.74, 6) is 0.575. The van der Waals surface area contributed by atoms with Crippen LogP contribution in [-0.2, 0) is 16.1 Å². The minimum Gasteiger partial charge on any atom is -0.491 e. The van der Waals surface area contributed by atoms with Crippen LogP contribution in [0.1, 0.15) is 29.8 Å². The molecule has 0 aliphatic carbocycles. The third-order valence-corrected chi connectivity index (χ3v) is 7.16. The van der Waals surface area contributed by atoms with Crippen LogP contribution >= 0.6 is 11.8 Å². The fourth-order valence-electron chi connectivity index (χ4n) is 4.04. The van der Waals surface area contributed by atoms with Gasteiger partial charge in [0.25, 0.3) is 5.91 Å². The lowest BCUT2D eigenvalue weighted by Crippen LogP contribution is -2.28. The number of methoxy groups -OCH3 is 1. The number of anilines is 2. The van der Waals surface area contributed by atoms with Gasteiger partial charge in [-0.05, 0) is 73.6 Å². The largest absolute Gasteiger partial charge is 0.491 e.